The van der Waals surface area contributed by atoms with Gasteiger partial charge in [-0.2, -0.15) is 0 Å². The molecule has 0 heterocycles. The highest BCUT2D eigenvalue weighted by Crippen LogP contribution is 1.95. The second-order valence-corrected chi connectivity index (χ2v) is 2.81. The third kappa shape index (κ3) is 3.58. The minimum atomic E-state index is -0.125. The molecule has 1 atom stereocenters. The number of ether oxygens (including phenoxy) is 1. The van der Waals surface area contributed by atoms with Crippen molar-refractivity contribution in [3.63, 3.8) is 0 Å². The Balaban J connectivity index is 2.61. The molecular weight excluding hydrogens is 176 g/mol. The first-order chi connectivity index (χ1) is 6.86. The summed E-state index contributed by atoms with van der Waals surface area (Å²) in [6, 6.07) is 9.64. The second kappa shape index (κ2) is 6.17. The van der Waals surface area contributed by atoms with E-state index >= 15 is 0 Å². The highest BCUT2D eigenvalue weighted by Gasteiger charge is 1.98. The van der Waals surface area contributed by atoms with Crippen molar-refractivity contribution in [1.29, 1.82) is 0 Å². The smallest absolute Gasteiger partial charge is 0.105 e. The van der Waals surface area contributed by atoms with Crippen molar-refractivity contribution in [1.82, 2.24) is 5.43 Å². The molecule has 1 rings (SSSR count). The van der Waals surface area contributed by atoms with Crippen LogP contribution in [0.2, 0.25) is 0 Å². The quantitative estimate of drug-likeness (QED) is 0.415. The Labute approximate surface area is 84.2 Å². The van der Waals surface area contributed by atoms with E-state index in [2.05, 4.69) is 17.3 Å². The van der Waals surface area contributed by atoms with Crippen LogP contribution in [0, 0.1) is 11.8 Å². The predicted molar refractivity (Wildman–Crippen MR) is 56.3 cm³/mol. The largest absolute Gasteiger partial charge is 0.382 e. The molecule has 14 heavy (non-hydrogen) atoms. The van der Waals surface area contributed by atoms with Gasteiger partial charge in [0.1, 0.15) is 6.04 Å². The molecule has 0 spiro atoms. The zero-order valence-electron chi connectivity index (χ0n) is 8.16. The van der Waals surface area contributed by atoms with Gasteiger partial charge in [0.2, 0.25) is 0 Å². The lowest BCUT2D eigenvalue weighted by Gasteiger charge is -2.06. The molecule has 0 aliphatic carbocycles. The molecule has 0 aliphatic rings. The Bertz CT molecular complexity index is 313. The first-order valence-electron chi connectivity index (χ1n) is 4.38. The molecule has 1 aromatic rings. The number of rotatable bonds is 3. The van der Waals surface area contributed by atoms with Gasteiger partial charge in [-0.3, -0.25) is 5.84 Å². The molecule has 0 fully saturated rings. The molecule has 3 nitrogen and oxygen atoms in total. The van der Waals surface area contributed by atoms with E-state index < -0.39 is 0 Å². The van der Waals surface area contributed by atoms with Crippen molar-refractivity contribution in [2.24, 2.45) is 5.84 Å². The molecule has 74 valence electrons. The number of hydrogen-bond donors (Lipinski definition) is 2. The van der Waals surface area contributed by atoms with Crippen LogP contribution in [0.15, 0.2) is 30.3 Å². The van der Waals surface area contributed by atoms with Crippen molar-refractivity contribution in [3.8, 4) is 11.8 Å². The van der Waals surface area contributed by atoms with E-state index in [9.17, 15) is 0 Å². The number of nitrogens with one attached hydrogen (secondary N) is 1. The zero-order chi connectivity index (χ0) is 10.2. The summed E-state index contributed by atoms with van der Waals surface area (Å²) in [5.41, 5.74) is 3.55. The maximum Gasteiger partial charge on any atom is 0.105 e. The van der Waals surface area contributed by atoms with Gasteiger partial charge in [-0.25, -0.2) is 5.43 Å². The van der Waals surface area contributed by atoms with Crippen molar-refractivity contribution < 1.29 is 4.74 Å². The lowest BCUT2D eigenvalue weighted by molar-refractivity contribution is 0.183. The van der Waals surface area contributed by atoms with Gasteiger partial charge in [0.25, 0.3) is 0 Å². The standard InChI is InChI=1S/C11H14N2O/c1-14-9-11(13-12)8-7-10-5-3-2-4-6-10/h2-6,11,13H,9,12H2,1H3. The fourth-order valence-corrected chi connectivity index (χ4v) is 0.990. The van der Waals surface area contributed by atoms with E-state index in [-0.39, 0.29) is 6.04 Å². The summed E-state index contributed by atoms with van der Waals surface area (Å²) in [7, 11) is 1.62. The average molecular weight is 190 g/mol. The van der Waals surface area contributed by atoms with Gasteiger partial charge >= 0.3 is 0 Å². The Hall–Kier alpha value is -1.34. The van der Waals surface area contributed by atoms with Gasteiger partial charge in [0, 0.05) is 12.7 Å². The maximum atomic E-state index is 5.29. The molecule has 1 unspecified atom stereocenters. The average Bonchev–Trinajstić information content (AvgIpc) is 2.25. The van der Waals surface area contributed by atoms with Crippen molar-refractivity contribution in [2.45, 2.75) is 6.04 Å². The van der Waals surface area contributed by atoms with Gasteiger partial charge in [-0.05, 0) is 12.1 Å². The van der Waals surface area contributed by atoms with Crippen LogP contribution in [0.4, 0.5) is 0 Å². The third-order valence-electron chi connectivity index (χ3n) is 1.70. The van der Waals surface area contributed by atoms with E-state index in [1.807, 2.05) is 30.3 Å². The number of hydrazine groups is 1. The number of benzene rings is 1. The number of methoxy groups -OCH3 is 1. The lowest BCUT2D eigenvalue weighted by Crippen LogP contribution is -2.37. The zero-order valence-corrected chi connectivity index (χ0v) is 8.16. The Morgan fingerprint density at radius 3 is 2.71 bits per heavy atom. The lowest BCUT2D eigenvalue weighted by atomic mass is 10.2. The summed E-state index contributed by atoms with van der Waals surface area (Å²) in [4.78, 5) is 0. The van der Waals surface area contributed by atoms with Crippen LogP contribution in [0.3, 0.4) is 0 Å². The molecule has 0 saturated carbocycles. The van der Waals surface area contributed by atoms with E-state index in [1.165, 1.54) is 0 Å². The summed E-state index contributed by atoms with van der Waals surface area (Å²) in [6.45, 7) is 0.482. The third-order valence-corrected chi connectivity index (χ3v) is 1.70. The molecule has 0 bridgehead atoms. The van der Waals surface area contributed by atoms with Gasteiger partial charge in [-0.15, -0.1) is 0 Å². The highest BCUT2D eigenvalue weighted by atomic mass is 16.5. The van der Waals surface area contributed by atoms with E-state index in [0.717, 1.165) is 5.56 Å². The molecule has 3 N–H and O–H groups in total. The van der Waals surface area contributed by atoms with Gasteiger partial charge < -0.3 is 4.74 Å². The topological polar surface area (TPSA) is 47.3 Å². The molecule has 0 amide bonds. The van der Waals surface area contributed by atoms with Crippen LogP contribution in [-0.4, -0.2) is 19.8 Å². The van der Waals surface area contributed by atoms with Crippen LogP contribution in [0.5, 0.6) is 0 Å². The monoisotopic (exact) mass is 190 g/mol. The van der Waals surface area contributed by atoms with Gasteiger partial charge in [0.15, 0.2) is 0 Å². The fourth-order valence-electron chi connectivity index (χ4n) is 0.990. The molecular formula is C11H14N2O. The van der Waals surface area contributed by atoms with Gasteiger partial charge in [-0.1, -0.05) is 30.0 Å². The van der Waals surface area contributed by atoms with Crippen LogP contribution in [-0.2, 0) is 4.74 Å². The fraction of sp³-hybridized carbons (Fsp3) is 0.273. The minimum Gasteiger partial charge on any atom is -0.382 e. The van der Waals surface area contributed by atoms with E-state index in [4.69, 9.17) is 10.6 Å². The minimum absolute atomic E-state index is 0.125. The number of nitrogens with two attached hydrogens (primary N) is 1. The molecule has 0 saturated heterocycles. The first kappa shape index (κ1) is 10.7. The van der Waals surface area contributed by atoms with Crippen LogP contribution >= 0.6 is 0 Å². The van der Waals surface area contributed by atoms with Crippen LogP contribution in [0.25, 0.3) is 0 Å². The highest BCUT2D eigenvalue weighted by molar-refractivity contribution is 5.34. The Kier molecular flexibility index (Phi) is 4.73. The van der Waals surface area contributed by atoms with Gasteiger partial charge in [0.05, 0.1) is 6.61 Å². The SMILES string of the molecule is COCC(C#Cc1ccccc1)NN. The summed E-state index contributed by atoms with van der Waals surface area (Å²) in [6.07, 6.45) is 0. The summed E-state index contributed by atoms with van der Waals surface area (Å²) in [5.74, 6) is 11.3. The van der Waals surface area contributed by atoms with Crippen LogP contribution in [0.1, 0.15) is 5.56 Å². The first-order valence-corrected chi connectivity index (χ1v) is 4.38. The number of hydrogen-bond acceptors (Lipinski definition) is 3. The molecule has 0 radical (unpaired) electrons. The summed E-state index contributed by atoms with van der Waals surface area (Å²) < 4.78 is 4.94. The van der Waals surface area contributed by atoms with E-state index in [0.29, 0.717) is 6.61 Å². The van der Waals surface area contributed by atoms with Crippen molar-refractivity contribution >= 4 is 0 Å². The second-order valence-electron chi connectivity index (χ2n) is 2.81. The molecule has 0 aromatic heterocycles. The molecule has 0 aliphatic heterocycles. The van der Waals surface area contributed by atoms with Crippen LogP contribution < -0.4 is 11.3 Å². The maximum absolute atomic E-state index is 5.29. The molecule has 1 aromatic carbocycles. The normalized spacial score (nSPS) is 11.6. The Morgan fingerprint density at radius 2 is 2.14 bits per heavy atom. The summed E-state index contributed by atoms with van der Waals surface area (Å²) in [5, 5.41) is 0. The van der Waals surface area contributed by atoms with Crippen molar-refractivity contribution in [3.05, 3.63) is 35.9 Å². The Morgan fingerprint density at radius 1 is 1.43 bits per heavy atom. The predicted octanol–water partition coefficient (Wildman–Crippen LogP) is 0.516. The molecule has 3 heteroatoms. The summed E-state index contributed by atoms with van der Waals surface area (Å²) >= 11 is 0. The van der Waals surface area contributed by atoms with Crippen molar-refractivity contribution in [2.75, 3.05) is 13.7 Å². The van der Waals surface area contributed by atoms with E-state index in [1.54, 1.807) is 7.11 Å².